The van der Waals surface area contributed by atoms with Gasteiger partial charge in [-0.25, -0.2) is 0 Å². The van der Waals surface area contributed by atoms with Gasteiger partial charge in [-0.05, 0) is 162 Å². The molecule has 53 heavy (non-hydrogen) atoms. The maximum atomic E-state index is 6.97. The fraction of sp³-hybridized carbons (Fsp3) is 0.510. The van der Waals surface area contributed by atoms with Crippen molar-refractivity contribution in [3.05, 3.63) is 118 Å². The Morgan fingerprint density at radius 1 is 0.792 bits per heavy atom. The Morgan fingerprint density at radius 3 is 2.66 bits per heavy atom. The second kappa shape index (κ2) is 12.8. The van der Waals surface area contributed by atoms with Crippen LogP contribution >= 0.6 is 0 Å². The molecule has 0 saturated carbocycles. The van der Waals surface area contributed by atoms with E-state index in [9.17, 15) is 0 Å². The lowest BCUT2D eigenvalue weighted by atomic mass is 9.75. The summed E-state index contributed by atoms with van der Waals surface area (Å²) in [5.41, 5.74) is 13.5. The molecule has 2 aliphatic heterocycles. The molecular weight excluding hydrogens is 649 g/mol. The van der Waals surface area contributed by atoms with E-state index in [1.165, 1.54) is 79.6 Å². The lowest BCUT2D eigenvalue weighted by molar-refractivity contribution is 0.0423. The number of hydrogen-bond acceptors (Lipinski definition) is 3. The van der Waals surface area contributed by atoms with Crippen molar-refractivity contribution >= 4 is 17.5 Å². The molecule has 7 atom stereocenters. The third kappa shape index (κ3) is 5.28. The third-order valence-corrected chi connectivity index (χ3v) is 14.7. The first-order valence-corrected chi connectivity index (χ1v) is 21.5. The number of rotatable bonds is 5. The molecule has 274 valence electrons. The summed E-state index contributed by atoms with van der Waals surface area (Å²) < 4.78 is 16.5. The molecule has 3 heterocycles. The van der Waals surface area contributed by atoms with Crippen LogP contribution in [0.3, 0.4) is 0 Å². The lowest BCUT2D eigenvalue weighted by Crippen LogP contribution is -2.44. The van der Waals surface area contributed by atoms with E-state index in [2.05, 4.69) is 95.4 Å². The Morgan fingerprint density at radius 2 is 1.75 bits per heavy atom. The molecule has 7 unspecified atom stereocenters. The first-order valence-electron chi connectivity index (χ1n) is 21.5. The van der Waals surface area contributed by atoms with Crippen molar-refractivity contribution in [3.8, 4) is 5.75 Å². The predicted octanol–water partition coefficient (Wildman–Crippen LogP) is 11.7. The maximum Gasteiger partial charge on any atom is 0.133 e. The summed E-state index contributed by atoms with van der Waals surface area (Å²) in [6, 6.07) is 7.31. The van der Waals surface area contributed by atoms with Crippen LogP contribution in [0.4, 0.5) is 5.69 Å². The Hall–Kier alpha value is -3.92. The van der Waals surface area contributed by atoms with E-state index in [0.717, 1.165) is 63.5 Å². The molecule has 0 radical (unpaired) electrons. The average Bonchev–Trinajstić information content (AvgIpc) is 3.85. The molecule has 0 N–H and O–H groups in total. The summed E-state index contributed by atoms with van der Waals surface area (Å²) >= 11 is 0. The van der Waals surface area contributed by atoms with Crippen molar-refractivity contribution in [3.63, 3.8) is 0 Å². The summed E-state index contributed by atoms with van der Waals surface area (Å²) in [6.45, 7) is 2.37. The average molecular weight is 705 g/mol. The van der Waals surface area contributed by atoms with Gasteiger partial charge in [-0.3, -0.25) is 0 Å². The summed E-state index contributed by atoms with van der Waals surface area (Å²) in [5.74, 6) is 4.49. The topological polar surface area (TPSA) is 26.6 Å². The minimum absolute atomic E-state index is 0.157. The molecular formula is C49H56N2O2. The second-order valence-corrected chi connectivity index (χ2v) is 17.8. The quantitative estimate of drug-likeness (QED) is 0.290. The van der Waals surface area contributed by atoms with Crippen molar-refractivity contribution in [2.45, 2.75) is 140 Å². The molecule has 0 amide bonds. The first-order chi connectivity index (χ1) is 26.1. The zero-order valence-corrected chi connectivity index (χ0v) is 31.7. The van der Waals surface area contributed by atoms with Crippen molar-refractivity contribution in [1.82, 2.24) is 4.57 Å². The molecule has 0 bridgehead atoms. The predicted molar refractivity (Wildman–Crippen MR) is 216 cm³/mol. The number of fused-ring (bicyclic) bond motifs is 8. The van der Waals surface area contributed by atoms with Gasteiger partial charge in [-0.2, -0.15) is 0 Å². The van der Waals surface area contributed by atoms with Crippen LogP contribution in [-0.2, 0) is 24.0 Å². The molecule has 4 heteroatoms. The van der Waals surface area contributed by atoms with Crippen LogP contribution in [0, 0.1) is 17.8 Å². The van der Waals surface area contributed by atoms with Crippen LogP contribution in [-0.4, -0.2) is 22.3 Å². The molecule has 9 aliphatic rings. The molecule has 0 spiro atoms. The largest absolute Gasteiger partial charge is 0.487 e. The van der Waals surface area contributed by atoms with Gasteiger partial charge in [0.2, 0.25) is 0 Å². The van der Waals surface area contributed by atoms with Crippen molar-refractivity contribution in [2.75, 3.05) is 4.90 Å². The number of ether oxygens (including phenoxy) is 2. The van der Waals surface area contributed by atoms with Gasteiger partial charge in [0.15, 0.2) is 0 Å². The smallest absolute Gasteiger partial charge is 0.133 e. The number of benzene rings is 1. The second-order valence-electron chi connectivity index (χ2n) is 17.8. The highest BCUT2D eigenvalue weighted by atomic mass is 16.5. The number of anilines is 1. The fourth-order valence-electron chi connectivity index (χ4n) is 12.2. The summed E-state index contributed by atoms with van der Waals surface area (Å²) in [7, 11) is 0. The normalized spacial score (nSPS) is 33.5. The van der Waals surface area contributed by atoms with Gasteiger partial charge in [0, 0.05) is 58.3 Å². The van der Waals surface area contributed by atoms with Gasteiger partial charge >= 0.3 is 0 Å². The van der Waals surface area contributed by atoms with Gasteiger partial charge < -0.3 is 18.9 Å². The van der Waals surface area contributed by atoms with Crippen molar-refractivity contribution in [1.29, 1.82) is 0 Å². The van der Waals surface area contributed by atoms with Gasteiger partial charge in [-0.1, -0.05) is 54.7 Å². The van der Waals surface area contributed by atoms with E-state index < -0.39 is 0 Å². The molecule has 7 aliphatic carbocycles. The highest BCUT2D eigenvalue weighted by Crippen LogP contribution is 2.54. The van der Waals surface area contributed by atoms with Gasteiger partial charge in [0.25, 0.3) is 0 Å². The minimum atomic E-state index is -0.295. The Bertz CT molecular complexity index is 2050. The lowest BCUT2D eigenvalue weighted by Gasteiger charge is -2.44. The monoisotopic (exact) mass is 704 g/mol. The summed E-state index contributed by atoms with van der Waals surface area (Å²) in [5, 5.41) is 0. The number of aromatic nitrogens is 1. The fourth-order valence-corrected chi connectivity index (χ4v) is 12.2. The highest BCUT2D eigenvalue weighted by molar-refractivity contribution is 5.70. The van der Waals surface area contributed by atoms with E-state index >= 15 is 0 Å². The maximum absolute atomic E-state index is 6.97. The molecule has 11 rings (SSSR count). The molecule has 0 saturated heterocycles. The van der Waals surface area contributed by atoms with Crippen molar-refractivity contribution in [2.24, 2.45) is 17.8 Å². The zero-order valence-electron chi connectivity index (χ0n) is 31.7. The van der Waals surface area contributed by atoms with E-state index in [1.807, 2.05) is 0 Å². The number of nitrogens with zero attached hydrogens (tertiary/aromatic N) is 2. The van der Waals surface area contributed by atoms with Crippen LogP contribution in [0.2, 0.25) is 0 Å². The molecule has 4 nitrogen and oxygen atoms in total. The van der Waals surface area contributed by atoms with E-state index in [0.29, 0.717) is 29.7 Å². The Labute approximate surface area is 316 Å². The summed E-state index contributed by atoms with van der Waals surface area (Å²) in [6.07, 6.45) is 45.1. The minimum Gasteiger partial charge on any atom is -0.487 e. The Balaban J connectivity index is 1.02. The molecule has 1 aromatic carbocycles. The standard InChI is InChI=1S/C49H56N2O2/c1-49-31-36(24-27-41(49)38-17-8-11-21-46(38)53-49)50(43-19-12-22-47-48(43)39-18-9-10-20-45(39)52-47)35-25-28-42-40(30-35)37-26-23-33(32-13-4-2-5-14-32)29-44(37)51(42)34-15-6-3-7-16-34/h4,8,10,12-13,15,17,19-20,22-23,26,31-33,35,39,41,45H,2-3,5-7,9,11,14,16,18,21,24-25,27-30H2,1H3. The van der Waals surface area contributed by atoms with Crippen molar-refractivity contribution < 1.29 is 9.47 Å². The van der Waals surface area contributed by atoms with Crippen LogP contribution in [0.15, 0.2) is 89.9 Å². The van der Waals surface area contributed by atoms with E-state index in [1.54, 1.807) is 28.2 Å². The third-order valence-electron chi connectivity index (χ3n) is 14.7. The highest BCUT2D eigenvalue weighted by Gasteiger charge is 2.48. The van der Waals surface area contributed by atoms with Crippen LogP contribution in [0.1, 0.15) is 131 Å². The van der Waals surface area contributed by atoms with Crippen LogP contribution in [0.5, 0.6) is 5.75 Å². The van der Waals surface area contributed by atoms with Gasteiger partial charge in [0.05, 0.1) is 0 Å². The molecule has 0 fully saturated rings. The summed E-state index contributed by atoms with van der Waals surface area (Å²) in [4.78, 5) is 2.84. The molecule has 2 aromatic rings. The van der Waals surface area contributed by atoms with Crippen LogP contribution in [0.25, 0.3) is 11.8 Å². The van der Waals surface area contributed by atoms with Crippen LogP contribution < -0.4 is 9.64 Å². The van der Waals surface area contributed by atoms with E-state index in [-0.39, 0.29) is 11.7 Å². The first kappa shape index (κ1) is 32.5. The number of allylic oxidation sites excluding steroid dienone is 10. The zero-order chi connectivity index (χ0) is 35.1. The SMILES string of the molecule is CC12C=C(N(c3cccc4c3C3CCC=CC3O4)C3CCc4c(c5c(n4C4=CCCCC4)CC(C4C=CCCC4)C=C5)C3)CCC1C1=C(CCC=C1)O2. The van der Waals surface area contributed by atoms with Gasteiger partial charge in [0.1, 0.15) is 23.2 Å². The number of hydrogen-bond donors (Lipinski definition) is 0. The molecule has 1 aromatic heterocycles. The van der Waals surface area contributed by atoms with Gasteiger partial charge in [-0.15, -0.1) is 0 Å². The van der Waals surface area contributed by atoms with E-state index in [4.69, 9.17) is 9.47 Å². The Kier molecular flexibility index (Phi) is 7.88.